The number of hydrogen-bond acceptors (Lipinski definition) is 7. The van der Waals surface area contributed by atoms with Crippen molar-refractivity contribution < 1.29 is 5.21 Å². The number of aromatic nitrogens is 4. The van der Waals surface area contributed by atoms with Crippen LogP contribution in [0.15, 0.2) is 22.1 Å². The first kappa shape index (κ1) is 13.4. The Hall–Kier alpha value is -2.62. The van der Waals surface area contributed by atoms with Crippen LogP contribution < -0.4 is 16.3 Å². The fourth-order valence-electron chi connectivity index (χ4n) is 2.36. The summed E-state index contributed by atoms with van der Waals surface area (Å²) < 4.78 is 1.25. The van der Waals surface area contributed by atoms with Crippen molar-refractivity contribution in [2.24, 2.45) is 10.9 Å². The Balaban J connectivity index is 1.70. The SMILES string of the molecule is NC(CN1CCN(c2ccc3n[nH]c(=O)n3n2)CC1)=NO. The summed E-state index contributed by atoms with van der Waals surface area (Å²) in [6.45, 7) is 3.50. The average molecular weight is 292 g/mol. The summed E-state index contributed by atoms with van der Waals surface area (Å²) in [7, 11) is 0. The molecule has 0 amide bonds. The van der Waals surface area contributed by atoms with Gasteiger partial charge in [-0.2, -0.15) is 9.61 Å². The van der Waals surface area contributed by atoms with Crippen molar-refractivity contribution in [1.82, 2.24) is 24.7 Å². The van der Waals surface area contributed by atoms with E-state index in [1.807, 2.05) is 6.07 Å². The van der Waals surface area contributed by atoms with Crippen molar-refractivity contribution in [1.29, 1.82) is 0 Å². The van der Waals surface area contributed by atoms with Crippen molar-refractivity contribution in [2.45, 2.75) is 0 Å². The molecule has 2 aromatic heterocycles. The van der Waals surface area contributed by atoms with Crippen LogP contribution in [0.4, 0.5) is 5.82 Å². The lowest BCUT2D eigenvalue weighted by Gasteiger charge is -2.34. The van der Waals surface area contributed by atoms with E-state index in [2.05, 4.69) is 30.3 Å². The highest BCUT2D eigenvalue weighted by Gasteiger charge is 2.19. The number of anilines is 1. The van der Waals surface area contributed by atoms with E-state index < -0.39 is 0 Å². The quantitative estimate of drug-likeness (QED) is 0.266. The summed E-state index contributed by atoms with van der Waals surface area (Å²) in [5, 5.41) is 22.0. The lowest BCUT2D eigenvalue weighted by Crippen LogP contribution is -2.49. The summed E-state index contributed by atoms with van der Waals surface area (Å²) in [6, 6.07) is 3.60. The van der Waals surface area contributed by atoms with Crippen LogP contribution in [-0.2, 0) is 0 Å². The third kappa shape index (κ3) is 2.65. The molecule has 0 aromatic carbocycles. The van der Waals surface area contributed by atoms with Gasteiger partial charge in [-0.05, 0) is 12.1 Å². The topological polar surface area (TPSA) is 128 Å². The molecule has 0 bridgehead atoms. The molecule has 1 aliphatic rings. The number of aromatic amines is 1. The molecule has 1 aliphatic heterocycles. The van der Waals surface area contributed by atoms with Gasteiger partial charge in [-0.3, -0.25) is 4.90 Å². The van der Waals surface area contributed by atoms with E-state index in [-0.39, 0.29) is 11.5 Å². The summed E-state index contributed by atoms with van der Waals surface area (Å²) in [6.07, 6.45) is 0. The second kappa shape index (κ2) is 5.40. The summed E-state index contributed by atoms with van der Waals surface area (Å²) in [4.78, 5) is 15.7. The predicted molar refractivity (Wildman–Crippen MR) is 75.7 cm³/mol. The Morgan fingerprint density at radius 2 is 2.14 bits per heavy atom. The van der Waals surface area contributed by atoms with Crippen LogP contribution in [0.1, 0.15) is 0 Å². The van der Waals surface area contributed by atoms with E-state index in [4.69, 9.17) is 10.9 Å². The smallest absolute Gasteiger partial charge is 0.364 e. The molecule has 4 N–H and O–H groups in total. The van der Waals surface area contributed by atoms with Crippen LogP contribution in [0.5, 0.6) is 0 Å². The van der Waals surface area contributed by atoms with E-state index in [1.165, 1.54) is 4.52 Å². The molecule has 21 heavy (non-hydrogen) atoms. The first-order valence-corrected chi connectivity index (χ1v) is 6.55. The lowest BCUT2D eigenvalue weighted by atomic mass is 10.3. The number of H-pyrrole nitrogens is 1. The third-order valence-electron chi connectivity index (χ3n) is 3.47. The van der Waals surface area contributed by atoms with E-state index in [0.717, 1.165) is 32.0 Å². The minimum Gasteiger partial charge on any atom is -0.409 e. The average Bonchev–Trinajstić information content (AvgIpc) is 2.89. The van der Waals surface area contributed by atoms with Gasteiger partial charge in [-0.1, -0.05) is 5.16 Å². The second-order valence-electron chi connectivity index (χ2n) is 4.84. The van der Waals surface area contributed by atoms with Gasteiger partial charge in [-0.15, -0.1) is 5.10 Å². The van der Waals surface area contributed by atoms with E-state index in [0.29, 0.717) is 12.2 Å². The molecule has 0 atom stereocenters. The Bertz CT molecular complexity index is 712. The maximum Gasteiger partial charge on any atom is 0.364 e. The van der Waals surface area contributed by atoms with Crippen LogP contribution in [0.2, 0.25) is 0 Å². The molecular weight excluding hydrogens is 276 g/mol. The Morgan fingerprint density at radius 1 is 1.38 bits per heavy atom. The first-order chi connectivity index (χ1) is 10.2. The molecule has 3 heterocycles. The van der Waals surface area contributed by atoms with Crippen molar-refractivity contribution in [3.8, 4) is 0 Å². The molecular formula is C11H16N8O2. The van der Waals surface area contributed by atoms with Gasteiger partial charge in [-0.25, -0.2) is 9.89 Å². The van der Waals surface area contributed by atoms with Crippen LogP contribution in [0.3, 0.4) is 0 Å². The van der Waals surface area contributed by atoms with Crippen molar-refractivity contribution in [3.05, 3.63) is 22.6 Å². The number of nitrogens with one attached hydrogen (secondary N) is 1. The van der Waals surface area contributed by atoms with Crippen molar-refractivity contribution >= 4 is 17.3 Å². The highest BCUT2D eigenvalue weighted by atomic mass is 16.4. The number of rotatable bonds is 3. The molecule has 0 radical (unpaired) electrons. The minimum atomic E-state index is -0.350. The predicted octanol–water partition coefficient (Wildman–Crippen LogP) is -1.71. The molecule has 112 valence electrons. The van der Waals surface area contributed by atoms with Crippen LogP contribution in [-0.4, -0.2) is 68.5 Å². The molecule has 10 heteroatoms. The van der Waals surface area contributed by atoms with Crippen molar-refractivity contribution in [3.63, 3.8) is 0 Å². The molecule has 3 rings (SSSR count). The number of piperazine rings is 1. The Labute approximate surface area is 119 Å². The molecule has 10 nitrogen and oxygen atoms in total. The van der Waals surface area contributed by atoms with Crippen LogP contribution in [0, 0.1) is 0 Å². The third-order valence-corrected chi connectivity index (χ3v) is 3.47. The molecule has 1 fully saturated rings. The van der Waals surface area contributed by atoms with Gasteiger partial charge in [0.1, 0.15) is 5.82 Å². The Kier molecular flexibility index (Phi) is 3.44. The number of nitrogens with two attached hydrogens (primary N) is 1. The zero-order valence-electron chi connectivity index (χ0n) is 11.3. The zero-order chi connectivity index (χ0) is 14.8. The minimum absolute atomic E-state index is 0.202. The number of nitrogens with zero attached hydrogens (tertiary/aromatic N) is 6. The van der Waals surface area contributed by atoms with Crippen molar-refractivity contribution in [2.75, 3.05) is 37.6 Å². The number of oxime groups is 1. The summed E-state index contributed by atoms with van der Waals surface area (Å²) >= 11 is 0. The fraction of sp³-hybridized carbons (Fsp3) is 0.455. The highest BCUT2D eigenvalue weighted by molar-refractivity contribution is 5.81. The molecule has 0 saturated carbocycles. The highest BCUT2D eigenvalue weighted by Crippen LogP contribution is 2.13. The summed E-state index contributed by atoms with van der Waals surface area (Å²) in [5.41, 5.74) is 5.65. The Morgan fingerprint density at radius 3 is 2.86 bits per heavy atom. The van der Waals surface area contributed by atoms with Gasteiger partial charge >= 0.3 is 5.69 Å². The largest absolute Gasteiger partial charge is 0.409 e. The standard InChI is InChI=1S/C11H16N8O2/c12-8(16-21)7-17-3-5-18(6-4-17)10-2-1-9-13-14-11(20)19(9)15-10/h1-2,21H,3-7H2,(H2,12,16)(H,14,20). The number of fused-ring (bicyclic) bond motifs is 1. The summed E-state index contributed by atoms with van der Waals surface area (Å²) in [5.74, 6) is 0.933. The molecule has 0 unspecified atom stereocenters. The van der Waals surface area contributed by atoms with Gasteiger partial charge in [0.15, 0.2) is 11.5 Å². The zero-order valence-corrected chi connectivity index (χ0v) is 11.3. The van der Waals surface area contributed by atoms with Crippen LogP contribution >= 0.6 is 0 Å². The molecule has 0 spiro atoms. The fourth-order valence-corrected chi connectivity index (χ4v) is 2.36. The van der Waals surface area contributed by atoms with E-state index in [1.54, 1.807) is 6.07 Å². The van der Waals surface area contributed by atoms with Gasteiger partial charge < -0.3 is 15.8 Å². The maximum atomic E-state index is 11.5. The van der Waals surface area contributed by atoms with Gasteiger partial charge in [0.05, 0.1) is 6.54 Å². The first-order valence-electron chi connectivity index (χ1n) is 6.55. The molecule has 1 saturated heterocycles. The van der Waals surface area contributed by atoms with Gasteiger partial charge in [0, 0.05) is 26.2 Å². The molecule has 2 aromatic rings. The second-order valence-corrected chi connectivity index (χ2v) is 4.84. The van der Waals surface area contributed by atoms with E-state index >= 15 is 0 Å². The van der Waals surface area contributed by atoms with E-state index in [9.17, 15) is 4.79 Å². The number of amidine groups is 1. The normalized spacial score (nSPS) is 17.5. The van der Waals surface area contributed by atoms with Gasteiger partial charge in [0.25, 0.3) is 0 Å². The van der Waals surface area contributed by atoms with Gasteiger partial charge in [0.2, 0.25) is 0 Å². The lowest BCUT2D eigenvalue weighted by molar-refractivity contribution is 0.278. The molecule has 0 aliphatic carbocycles. The van der Waals surface area contributed by atoms with Crippen LogP contribution in [0.25, 0.3) is 5.65 Å². The number of hydrogen-bond donors (Lipinski definition) is 3. The maximum absolute atomic E-state index is 11.5. The monoisotopic (exact) mass is 292 g/mol.